The van der Waals surface area contributed by atoms with E-state index in [-0.39, 0.29) is 11.4 Å². The second kappa shape index (κ2) is 10.7. The Kier molecular flexibility index (Phi) is 7.99. The molecule has 3 aromatic rings. The summed E-state index contributed by atoms with van der Waals surface area (Å²) in [7, 11) is 0. The Hall–Kier alpha value is -2.25. The molecule has 0 saturated heterocycles. The van der Waals surface area contributed by atoms with Crippen LogP contribution in [-0.4, -0.2) is 23.1 Å². The summed E-state index contributed by atoms with van der Waals surface area (Å²) in [6.07, 6.45) is 2.95. The van der Waals surface area contributed by atoms with E-state index in [0.717, 1.165) is 8.45 Å². The molecule has 30 heavy (non-hydrogen) atoms. The number of nitrogens with one attached hydrogen (secondary N) is 2. The van der Waals surface area contributed by atoms with Crippen molar-refractivity contribution in [3.05, 3.63) is 88.8 Å². The van der Waals surface area contributed by atoms with E-state index in [4.69, 9.17) is 0 Å². The van der Waals surface area contributed by atoms with E-state index in [9.17, 15) is 14.7 Å². The lowest BCUT2D eigenvalue weighted by Gasteiger charge is -2.09. The predicted octanol–water partition coefficient (Wildman–Crippen LogP) is 4.58. The highest BCUT2D eigenvalue weighted by Crippen LogP contribution is 2.25. The van der Waals surface area contributed by atoms with Crippen LogP contribution in [0.4, 0.5) is 0 Å². The van der Waals surface area contributed by atoms with Gasteiger partial charge < -0.3 is 10.4 Å². The predicted molar refractivity (Wildman–Crippen MR) is 135 cm³/mol. The van der Waals surface area contributed by atoms with Crippen LogP contribution in [0.15, 0.2) is 70.8 Å². The van der Waals surface area contributed by atoms with E-state index >= 15 is 0 Å². The van der Waals surface area contributed by atoms with Gasteiger partial charge in [-0.1, -0.05) is 24.3 Å². The molecule has 0 aliphatic rings. The van der Waals surface area contributed by atoms with Gasteiger partial charge in [0.05, 0.1) is 9.78 Å². The Balaban J connectivity index is 1.78. The van der Waals surface area contributed by atoms with Crippen molar-refractivity contribution in [3.8, 4) is 5.75 Å². The fourth-order valence-electron chi connectivity index (χ4n) is 2.36. The van der Waals surface area contributed by atoms with Gasteiger partial charge in [-0.25, -0.2) is 5.43 Å². The Morgan fingerprint density at radius 3 is 2.53 bits per heavy atom. The van der Waals surface area contributed by atoms with E-state index in [1.807, 2.05) is 52.2 Å². The third-order valence-corrected chi connectivity index (χ3v) is 6.05. The number of phenols is 1. The number of hydrogen-bond donors (Lipinski definition) is 3. The maximum absolute atomic E-state index is 12.7. The number of rotatable bonds is 6. The molecule has 6 nitrogen and oxygen atoms in total. The maximum atomic E-state index is 12.7. The monoisotopic (exact) mass is 643 g/mol. The number of hydrazone groups is 1. The first-order chi connectivity index (χ1) is 14.4. The lowest BCUT2D eigenvalue weighted by atomic mass is 10.2. The minimum Gasteiger partial charge on any atom is -0.506 e. The fraction of sp³-hybridized carbons (Fsp3) is 0. The molecule has 3 N–H and O–H groups in total. The molecule has 152 valence electrons. The van der Waals surface area contributed by atoms with E-state index in [1.165, 1.54) is 17.6 Å². The van der Waals surface area contributed by atoms with E-state index < -0.39 is 11.8 Å². The molecule has 2 aromatic carbocycles. The number of benzene rings is 2. The van der Waals surface area contributed by atoms with Gasteiger partial charge in [-0.15, -0.1) is 11.3 Å². The standard InChI is InChI=1S/C21H15I2N3O3S/c22-15-9-14(19(27)17(23)10-15)12-24-26-21(29)18(11-16-7-4-8-30-16)25-20(28)13-5-2-1-3-6-13/h1-12,27H,(H,25,28)(H,26,29). The summed E-state index contributed by atoms with van der Waals surface area (Å²) in [6.45, 7) is 0. The van der Waals surface area contributed by atoms with Crippen molar-refractivity contribution in [1.82, 2.24) is 10.7 Å². The molecule has 0 saturated carbocycles. The number of amides is 2. The molecule has 1 aromatic heterocycles. The fourth-order valence-corrected chi connectivity index (χ4v) is 4.91. The minimum absolute atomic E-state index is 0.0601. The number of thiophene rings is 1. The molecule has 0 aliphatic heterocycles. The van der Waals surface area contributed by atoms with E-state index in [1.54, 1.807) is 36.4 Å². The van der Waals surface area contributed by atoms with Crippen molar-refractivity contribution in [2.24, 2.45) is 5.10 Å². The summed E-state index contributed by atoms with van der Waals surface area (Å²) >= 11 is 5.59. The van der Waals surface area contributed by atoms with Gasteiger partial charge in [0.15, 0.2) is 0 Å². The van der Waals surface area contributed by atoms with Crippen LogP contribution in [0.1, 0.15) is 20.8 Å². The highest BCUT2D eigenvalue weighted by Gasteiger charge is 2.14. The number of carbonyl (C=O) groups is 2. The summed E-state index contributed by atoms with van der Waals surface area (Å²) in [6, 6.07) is 15.9. The number of phenolic OH excluding ortho intramolecular Hbond substituents is 1. The van der Waals surface area contributed by atoms with Crippen LogP contribution >= 0.6 is 56.5 Å². The van der Waals surface area contributed by atoms with Crippen molar-refractivity contribution >= 4 is 80.6 Å². The van der Waals surface area contributed by atoms with Crippen molar-refractivity contribution in [3.63, 3.8) is 0 Å². The Morgan fingerprint density at radius 2 is 1.83 bits per heavy atom. The quantitative estimate of drug-likeness (QED) is 0.159. The smallest absolute Gasteiger partial charge is 0.287 e. The van der Waals surface area contributed by atoms with Crippen molar-refractivity contribution in [1.29, 1.82) is 0 Å². The second-order valence-electron chi connectivity index (χ2n) is 5.92. The summed E-state index contributed by atoms with van der Waals surface area (Å²) in [4.78, 5) is 26.0. The third-order valence-electron chi connectivity index (χ3n) is 3.79. The third kappa shape index (κ3) is 6.12. The van der Waals surface area contributed by atoms with Crippen molar-refractivity contribution in [2.45, 2.75) is 0 Å². The first kappa shape index (κ1) is 22.4. The molecule has 9 heteroatoms. The first-order valence-corrected chi connectivity index (χ1v) is 11.6. The molecule has 0 aliphatic carbocycles. The molecule has 1 heterocycles. The van der Waals surface area contributed by atoms with Gasteiger partial charge in [-0.05, 0) is 87.0 Å². The molecule has 0 spiro atoms. The summed E-state index contributed by atoms with van der Waals surface area (Å²) in [5.74, 6) is -0.896. The van der Waals surface area contributed by atoms with Gasteiger partial charge in [-0.3, -0.25) is 9.59 Å². The average molecular weight is 643 g/mol. The Morgan fingerprint density at radius 1 is 1.07 bits per heavy atom. The Labute approximate surface area is 204 Å². The SMILES string of the molecule is O=C(NN=Cc1cc(I)cc(I)c1O)C(=Cc1cccs1)NC(=O)c1ccccc1. The number of carbonyl (C=O) groups excluding carboxylic acids is 2. The highest BCUT2D eigenvalue weighted by molar-refractivity contribution is 14.1. The van der Waals surface area contributed by atoms with Crippen LogP contribution in [-0.2, 0) is 4.79 Å². The molecule has 3 rings (SSSR count). The normalized spacial score (nSPS) is 11.5. The van der Waals surface area contributed by atoms with Gasteiger partial charge in [0.1, 0.15) is 11.4 Å². The molecule has 2 amide bonds. The van der Waals surface area contributed by atoms with Crippen molar-refractivity contribution in [2.75, 3.05) is 0 Å². The highest BCUT2D eigenvalue weighted by atomic mass is 127. The van der Waals surface area contributed by atoms with Gasteiger partial charge in [0, 0.05) is 19.6 Å². The maximum Gasteiger partial charge on any atom is 0.287 e. The second-order valence-corrected chi connectivity index (χ2v) is 9.31. The molecule has 0 unspecified atom stereocenters. The zero-order chi connectivity index (χ0) is 21.5. The average Bonchev–Trinajstić information content (AvgIpc) is 3.24. The number of aromatic hydroxyl groups is 1. The van der Waals surface area contributed by atoms with Crippen molar-refractivity contribution < 1.29 is 14.7 Å². The van der Waals surface area contributed by atoms with Gasteiger partial charge in [-0.2, -0.15) is 5.10 Å². The number of hydrogen-bond acceptors (Lipinski definition) is 5. The van der Waals surface area contributed by atoms with Gasteiger partial charge in [0.25, 0.3) is 11.8 Å². The van der Waals surface area contributed by atoms with Gasteiger partial charge >= 0.3 is 0 Å². The van der Waals surface area contributed by atoms with Crippen LogP contribution in [0.5, 0.6) is 5.75 Å². The zero-order valence-corrected chi connectivity index (χ0v) is 20.4. The molecular weight excluding hydrogens is 628 g/mol. The molecule has 0 radical (unpaired) electrons. The summed E-state index contributed by atoms with van der Waals surface area (Å²) < 4.78 is 1.61. The largest absolute Gasteiger partial charge is 0.506 e. The lowest BCUT2D eigenvalue weighted by Crippen LogP contribution is -2.32. The minimum atomic E-state index is -0.580. The van der Waals surface area contributed by atoms with Gasteiger partial charge in [0.2, 0.25) is 0 Å². The van der Waals surface area contributed by atoms with Crippen LogP contribution < -0.4 is 10.7 Å². The van der Waals surface area contributed by atoms with Crippen LogP contribution in [0.25, 0.3) is 6.08 Å². The van der Waals surface area contributed by atoms with Crippen LogP contribution in [0.2, 0.25) is 0 Å². The first-order valence-electron chi connectivity index (χ1n) is 8.57. The summed E-state index contributed by atoms with van der Waals surface area (Å²) in [5.41, 5.74) is 3.37. The lowest BCUT2D eigenvalue weighted by molar-refractivity contribution is -0.117. The molecule has 0 fully saturated rings. The topological polar surface area (TPSA) is 90.8 Å². The number of halogens is 2. The Bertz CT molecular complexity index is 1110. The molecule has 0 atom stereocenters. The van der Waals surface area contributed by atoms with E-state index in [0.29, 0.717) is 14.7 Å². The van der Waals surface area contributed by atoms with E-state index in [2.05, 4.69) is 38.4 Å². The van der Waals surface area contributed by atoms with Crippen LogP contribution in [0, 0.1) is 7.14 Å². The van der Waals surface area contributed by atoms with Crippen LogP contribution in [0.3, 0.4) is 0 Å². The molecular formula is C21H15I2N3O3S. The number of nitrogens with zero attached hydrogens (tertiary/aromatic N) is 1. The molecule has 0 bridgehead atoms. The summed E-state index contributed by atoms with van der Waals surface area (Å²) in [5, 5.41) is 18.6. The zero-order valence-electron chi connectivity index (χ0n) is 15.3.